The van der Waals surface area contributed by atoms with E-state index in [1.165, 1.54) is 12.8 Å². The third kappa shape index (κ3) is 18.1. The lowest BCUT2D eigenvalue weighted by Gasteiger charge is -2.10. The molecule has 1 unspecified atom stereocenters. The zero-order valence-corrected chi connectivity index (χ0v) is 17.3. The Morgan fingerprint density at radius 1 is 0.769 bits per heavy atom. The van der Waals surface area contributed by atoms with Crippen molar-refractivity contribution in [2.24, 2.45) is 5.92 Å². The van der Waals surface area contributed by atoms with Gasteiger partial charge in [-0.2, -0.15) is 0 Å². The van der Waals surface area contributed by atoms with Gasteiger partial charge in [-0.1, -0.05) is 13.8 Å². The highest BCUT2D eigenvalue weighted by atomic mass is 16.5. The number of hydrogen-bond donors (Lipinski definition) is 2. The molecule has 1 amide bonds. The highest BCUT2D eigenvalue weighted by Gasteiger charge is 2.08. The largest absolute Gasteiger partial charge is 0.379 e. The molecule has 0 rings (SSSR count). The Kier molecular flexibility index (Phi) is 20.1. The van der Waals surface area contributed by atoms with Crippen molar-refractivity contribution in [3.63, 3.8) is 0 Å². The van der Waals surface area contributed by atoms with Crippen LogP contribution in [0.5, 0.6) is 0 Å². The van der Waals surface area contributed by atoms with Gasteiger partial charge in [0, 0.05) is 25.7 Å². The standard InChI is InChI=1S/C20H42N2O4/c1-4-19(2)20(23)22-12-8-6-10-14-25-16-18-26-17-15-24-13-9-5-7-11-21-3/h19,21H,4-18H2,1-3H3,(H,22,23). The second-order valence-electron chi connectivity index (χ2n) is 6.66. The molecule has 0 aliphatic heterocycles. The van der Waals surface area contributed by atoms with Gasteiger partial charge in [0.15, 0.2) is 0 Å². The van der Waals surface area contributed by atoms with E-state index in [4.69, 9.17) is 14.2 Å². The molecule has 0 aromatic rings. The van der Waals surface area contributed by atoms with E-state index in [2.05, 4.69) is 10.6 Å². The van der Waals surface area contributed by atoms with Gasteiger partial charge in [0.2, 0.25) is 5.91 Å². The normalized spacial score (nSPS) is 12.3. The maximum Gasteiger partial charge on any atom is 0.222 e. The second kappa shape index (κ2) is 20.6. The third-order valence-electron chi connectivity index (χ3n) is 4.28. The summed E-state index contributed by atoms with van der Waals surface area (Å²) in [4.78, 5) is 11.6. The Hall–Kier alpha value is -0.690. The zero-order valence-electron chi connectivity index (χ0n) is 17.3. The summed E-state index contributed by atoms with van der Waals surface area (Å²) < 4.78 is 16.5. The van der Waals surface area contributed by atoms with Gasteiger partial charge >= 0.3 is 0 Å². The number of carbonyl (C=O) groups is 1. The smallest absolute Gasteiger partial charge is 0.222 e. The summed E-state index contributed by atoms with van der Waals surface area (Å²) in [5.41, 5.74) is 0. The van der Waals surface area contributed by atoms with Crippen LogP contribution in [0.3, 0.4) is 0 Å². The van der Waals surface area contributed by atoms with E-state index in [0.717, 1.165) is 58.4 Å². The predicted octanol–water partition coefficient (Wildman–Crippen LogP) is 2.76. The van der Waals surface area contributed by atoms with Crippen molar-refractivity contribution in [3.8, 4) is 0 Å². The Morgan fingerprint density at radius 3 is 1.77 bits per heavy atom. The van der Waals surface area contributed by atoms with Crippen LogP contribution in [0.4, 0.5) is 0 Å². The van der Waals surface area contributed by atoms with Gasteiger partial charge < -0.3 is 24.8 Å². The summed E-state index contributed by atoms with van der Waals surface area (Å²) in [6.45, 7) is 9.97. The summed E-state index contributed by atoms with van der Waals surface area (Å²) in [5.74, 6) is 0.283. The highest BCUT2D eigenvalue weighted by Crippen LogP contribution is 2.00. The minimum atomic E-state index is 0.118. The molecule has 0 radical (unpaired) electrons. The fourth-order valence-corrected chi connectivity index (χ4v) is 2.30. The lowest BCUT2D eigenvalue weighted by Crippen LogP contribution is -2.29. The fraction of sp³-hybridized carbons (Fsp3) is 0.950. The van der Waals surface area contributed by atoms with Gasteiger partial charge in [0.1, 0.15) is 0 Å². The van der Waals surface area contributed by atoms with E-state index < -0.39 is 0 Å². The molecule has 6 heteroatoms. The van der Waals surface area contributed by atoms with Crippen molar-refractivity contribution in [2.45, 2.75) is 58.8 Å². The topological polar surface area (TPSA) is 68.8 Å². The van der Waals surface area contributed by atoms with Crippen molar-refractivity contribution >= 4 is 5.91 Å². The first kappa shape index (κ1) is 25.3. The van der Waals surface area contributed by atoms with Crippen LogP contribution in [0.15, 0.2) is 0 Å². The summed E-state index contributed by atoms with van der Waals surface area (Å²) in [6.07, 6.45) is 7.53. The maximum absolute atomic E-state index is 11.6. The molecule has 0 saturated heterocycles. The van der Waals surface area contributed by atoms with Crippen LogP contribution in [0.2, 0.25) is 0 Å². The van der Waals surface area contributed by atoms with Gasteiger partial charge in [-0.05, 0) is 58.5 Å². The van der Waals surface area contributed by atoms with Crippen molar-refractivity contribution in [1.29, 1.82) is 0 Å². The Morgan fingerprint density at radius 2 is 1.27 bits per heavy atom. The lowest BCUT2D eigenvalue weighted by molar-refractivity contribution is -0.124. The van der Waals surface area contributed by atoms with Gasteiger partial charge in [0.05, 0.1) is 26.4 Å². The van der Waals surface area contributed by atoms with Crippen molar-refractivity contribution in [3.05, 3.63) is 0 Å². The molecule has 0 heterocycles. The molecule has 156 valence electrons. The van der Waals surface area contributed by atoms with E-state index >= 15 is 0 Å². The average molecular weight is 375 g/mol. The molecule has 0 aliphatic rings. The molecule has 26 heavy (non-hydrogen) atoms. The van der Waals surface area contributed by atoms with Crippen LogP contribution in [0.1, 0.15) is 58.8 Å². The van der Waals surface area contributed by atoms with E-state index in [-0.39, 0.29) is 11.8 Å². The van der Waals surface area contributed by atoms with E-state index in [1.807, 2.05) is 20.9 Å². The summed E-state index contributed by atoms with van der Waals surface area (Å²) in [6, 6.07) is 0. The first-order valence-corrected chi connectivity index (χ1v) is 10.4. The maximum atomic E-state index is 11.6. The van der Waals surface area contributed by atoms with Crippen LogP contribution >= 0.6 is 0 Å². The van der Waals surface area contributed by atoms with E-state index in [9.17, 15) is 4.79 Å². The number of nitrogens with one attached hydrogen (secondary N) is 2. The lowest BCUT2D eigenvalue weighted by atomic mass is 10.1. The Labute approximate surface area is 160 Å². The predicted molar refractivity (Wildman–Crippen MR) is 107 cm³/mol. The molecule has 0 saturated carbocycles. The molecular formula is C20H42N2O4. The molecule has 6 nitrogen and oxygen atoms in total. The molecule has 1 atom stereocenters. The summed E-state index contributed by atoms with van der Waals surface area (Å²) >= 11 is 0. The second-order valence-corrected chi connectivity index (χ2v) is 6.66. The fourth-order valence-electron chi connectivity index (χ4n) is 2.30. The SMILES string of the molecule is CCC(C)C(=O)NCCCCCOCCOCCOCCCCCNC. The number of ether oxygens (including phenoxy) is 3. The number of hydrogen-bond acceptors (Lipinski definition) is 5. The van der Waals surface area contributed by atoms with Gasteiger partial charge in [-0.25, -0.2) is 0 Å². The van der Waals surface area contributed by atoms with Crippen LogP contribution in [0, 0.1) is 5.92 Å². The first-order valence-electron chi connectivity index (χ1n) is 10.4. The minimum absolute atomic E-state index is 0.118. The monoisotopic (exact) mass is 374 g/mol. The van der Waals surface area contributed by atoms with Crippen molar-refractivity contribution in [2.75, 3.05) is 59.8 Å². The Balaban J connectivity index is 3.08. The highest BCUT2D eigenvalue weighted by molar-refractivity contribution is 5.78. The molecule has 0 aromatic carbocycles. The quantitative estimate of drug-likeness (QED) is 0.321. The van der Waals surface area contributed by atoms with Gasteiger partial charge in [-0.15, -0.1) is 0 Å². The Bertz CT molecular complexity index is 304. The zero-order chi connectivity index (χ0) is 19.3. The van der Waals surface area contributed by atoms with Crippen molar-refractivity contribution in [1.82, 2.24) is 10.6 Å². The molecule has 0 aromatic heterocycles. The number of rotatable bonds is 20. The average Bonchev–Trinajstić information content (AvgIpc) is 2.66. The van der Waals surface area contributed by atoms with Gasteiger partial charge in [0.25, 0.3) is 0 Å². The van der Waals surface area contributed by atoms with Crippen LogP contribution < -0.4 is 10.6 Å². The molecule has 0 spiro atoms. The van der Waals surface area contributed by atoms with E-state index in [1.54, 1.807) is 0 Å². The van der Waals surface area contributed by atoms with Gasteiger partial charge in [-0.3, -0.25) is 4.79 Å². The van der Waals surface area contributed by atoms with Crippen LogP contribution in [-0.4, -0.2) is 65.7 Å². The summed E-state index contributed by atoms with van der Waals surface area (Å²) in [5, 5.41) is 6.11. The molecule has 0 bridgehead atoms. The first-order chi connectivity index (χ1) is 12.7. The number of amides is 1. The molecule has 0 aliphatic carbocycles. The molecule has 2 N–H and O–H groups in total. The van der Waals surface area contributed by atoms with Crippen LogP contribution in [-0.2, 0) is 19.0 Å². The molecule has 0 fully saturated rings. The van der Waals surface area contributed by atoms with E-state index in [0.29, 0.717) is 26.4 Å². The minimum Gasteiger partial charge on any atom is -0.379 e. The number of unbranched alkanes of at least 4 members (excludes halogenated alkanes) is 4. The molecular weight excluding hydrogens is 332 g/mol. The third-order valence-corrected chi connectivity index (χ3v) is 4.28. The number of carbonyl (C=O) groups excluding carboxylic acids is 1. The van der Waals surface area contributed by atoms with Crippen molar-refractivity contribution < 1.29 is 19.0 Å². The van der Waals surface area contributed by atoms with Crippen LogP contribution in [0.25, 0.3) is 0 Å². The summed E-state index contributed by atoms with van der Waals surface area (Å²) in [7, 11) is 1.98.